The van der Waals surface area contributed by atoms with E-state index in [2.05, 4.69) is 16.5 Å². The fraction of sp³-hybridized carbons (Fsp3) is 0.583. The molecule has 2 amide bonds. The van der Waals surface area contributed by atoms with Gasteiger partial charge < -0.3 is 4.74 Å². The number of amidine groups is 1. The van der Waals surface area contributed by atoms with Gasteiger partial charge in [0.05, 0.1) is 6.61 Å². The SMILES string of the molecule is CCOC(=O)NC(=NCCCC(C)(C)CC(=O)N(C#N)C1CCCC1)c1ccccc1. The number of carbonyl (C=O) groups is 2. The van der Waals surface area contributed by atoms with Gasteiger partial charge in [0.25, 0.3) is 0 Å². The van der Waals surface area contributed by atoms with Crippen molar-refractivity contribution in [2.24, 2.45) is 10.4 Å². The van der Waals surface area contributed by atoms with Gasteiger partial charge in [0.1, 0.15) is 5.84 Å². The van der Waals surface area contributed by atoms with Crippen LogP contribution in [0.2, 0.25) is 0 Å². The molecule has 1 saturated carbocycles. The summed E-state index contributed by atoms with van der Waals surface area (Å²) in [4.78, 5) is 30.5. The largest absolute Gasteiger partial charge is 0.450 e. The summed E-state index contributed by atoms with van der Waals surface area (Å²) in [6.45, 7) is 6.65. The van der Waals surface area contributed by atoms with E-state index >= 15 is 0 Å². The molecule has 168 valence electrons. The summed E-state index contributed by atoms with van der Waals surface area (Å²) >= 11 is 0. The average molecular weight is 427 g/mol. The number of hydrogen-bond donors (Lipinski definition) is 1. The van der Waals surface area contributed by atoms with Crippen molar-refractivity contribution in [3.63, 3.8) is 0 Å². The van der Waals surface area contributed by atoms with Crippen LogP contribution in [0.25, 0.3) is 0 Å². The minimum atomic E-state index is -0.528. The number of benzene rings is 1. The number of nitrogens with one attached hydrogen (secondary N) is 1. The fourth-order valence-electron chi connectivity index (χ4n) is 3.90. The van der Waals surface area contributed by atoms with E-state index in [4.69, 9.17) is 4.74 Å². The maximum absolute atomic E-state index is 12.7. The Morgan fingerprint density at radius 1 is 1.26 bits per heavy atom. The highest BCUT2D eigenvalue weighted by atomic mass is 16.5. The van der Waals surface area contributed by atoms with Crippen LogP contribution in [0.5, 0.6) is 0 Å². The minimum absolute atomic E-state index is 0.0697. The minimum Gasteiger partial charge on any atom is -0.450 e. The quantitative estimate of drug-likeness (QED) is 0.205. The summed E-state index contributed by atoms with van der Waals surface area (Å²) in [7, 11) is 0. The molecule has 1 aromatic carbocycles. The summed E-state index contributed by atoms with van der Waals surface area (Å²) < 4.78 is 4.97. The molecular formula is C24H34N4O3. The van der Waals surface area contributed by atoms with Crippen molar-refractivity contribution in [2.75, 3.05) is 13.2 Å². The molecule has 0 spiro atoms. The first kappa shape index (κ1) is 24.4. The van der Waals surface area contributed by atoms with E-state index < -0.39 is 6.09 Å². The average Bonchev–Trinajstić information content (AvgIpc) is 3.25. The molecule has 0 atom stereocenters. The van der Waals surface area contributed by atoms with Crippen LogP contribution in [0.1, 0.15) is 71.3 Å². The zero-order valence-electron chi connectivity index (χ0n) is 18.9. The standard InChI is InChI=1S/C24H34N4O3/c1-4-31-23(30)27-22(19-11-6-5-7-12-19)26-16-10-15-24(2,3)17-21(29)28(18-25)20-13-8-9-14-20/h5-7,11-12,20H,4,8-10,13-17H2,1-3H3,(H,26,27,30). The van der Waals surface area contributed by atoms with Gasteiger partial charge >= 0.3 is 6.09 Å². The molecule has 0 saturated heterocycles. The van der Waals surface area contributed by atoms with E-state index in [-0.39, 0.29) is 24.0 Å². The maximum Gasteiger partial charge on any atom is 0.412 e. The van der Waals surface area contributed by atoms with Crippen molar-refractivity contribution in [2.45, 2.75) is 71.8 Å². The highest BCUT2D eigenvalue weighted by Gasteiger charge is 2.30. The Morgan fingerprint density at radius 3 is 2.55 bits per heavy atom. The predicted molar refractivity (Wildman–Crippen MR) is 120 cm³/mol. The number of nitriles is 1. The highest BCUT2D eigenvalue weighted by Crippen LogP contribution is 2.30. The topological polar surface area (TPSA) is 94.8 Å². The maximum atomic E-state index is 12.7. The molecule has 2 rings (SSSR count). The van der Waals surface area contributed by atoms with Crippen molar-refractivity contribution in [3.8, 4) is 6.19 Å². The van der Waals surface area contributed by atoms with Crippen LogP contribution in [0.15, 0.2) is 35.3 Å². The molecule has 31 heavy (non-hydrogen) atoms. The van der Waals surface area contributed by atoms with Gasteiger partial charge in [0, 0.05) is 24.6 Å². The number of rotatable bonds is 9. The van der Waals surface area contributed by atoms with E-state index in [1.165, 1.54) is 4.90 Å². The molecule has 0 unspecified atom stereocenters. The number of carbonyl (C=O) groups excluding carboxylic acids is 2. The van der Waals surface area contributed by atoms with Crippen LogP contribution in [0, 0.1) is 16.9 Å². The third-order valence-electron chi connectivity index (χ3n) is 5.52. The summed E-state index contributed by atoms with van der Waals surface area (Å²) in [5.41, 5.74) is 0.577. The second-order valence-electron chi connectivity index (χ2n) is 8.69. The molecule has 1 fully saturated rings. The van der Waals surface area contributed by atoms with Crippen molar-refractivity contribution < 1.29 is 14.3 Å². The van der Waals surface area contributed by atoms with Gasteiger partial charge in [-0.05, 0) is 38.0 Å². The van der Waals surface area contributed by atoms with Crippen molar-refractivity contribution in [1.82, 2.24) is 10.2 Å². The Hall–Kier alpha value is -2.88. The van der Waals surface area contributed by atoms with Crippen LogP contribution in [0.3, 0.4) is 0 Å². The van der Waals surface area contributed by atoms with Crippen LogP contribution < -0.4 is 5.32 Å². The molecule has 1 aliphatic rings. The number of hydrogen-bond acceptors (Lipinski definition) is 5. The number of aliphatic imine (C=N–C) groups is 1. The lowest BCUT2D eigenvalue weighted by Gasteiger charge is -2.28. The van der Waals surface area contributed by atoms with E-state index in [0.717, 1.165) is 44.1 Å². The Bertz CT molecular complexity index is 793. The second kappa shape index (κ2) is 12.1. The highest BCUT2D eigenvalue weighted by molar-refractivity contribution is 6.06. The number of amides is 2. The Labute approximate surface area is 185 Å². The summed E-state index contributed by atoms with van der Waals surface area (Å²) in [6.07, 6.45) is 7.47. The number of nitrogens with zero attached hydrogens (tertiary/aromatic N) is 3. The zero-order valence-corrected chi connectivity index (χ0v) is 18.9. The molecular weight excluding hydrogens is 392 g/mol. The summed E-state index contributed by atoms with van der Waals surface area (Å²) in [6, 6.07) is 9.51. The lowest BCUT2D eigenvalue weighted by Crippen LogP contribution is -2.37. The Kier molecular flexibility index (Phi) is 9.51. The second-order valence-corrected chi connectivity index (χ2v) is 8.69. The zero-order chi connectivity index (χ0) is 22.7. The molecule has 0 aliphatic heterocycles. The van der Waals surface area contributed by atoms with E-state index in [1.807, 2.05) is 44.2 Å². The summed E-state index contributed by atoms with van der Waals surface area (Å²) in [5.74, 6) is 0.390. The fourth-order valence-corrected chi connectivity index (χ4v) is 3.90. The van der Waals surface area contributed by atoms with Gasteiger partial charge in [-0.15, -0.1) is 0 Å². The van der Waals surface area contributed by atoms with E-state index in [0.29, 0.717) is 18.8 Å². The Morgan fingerprint density at radius 2 is 1.94 bits per heavy atom. The first-order valence-electron chi connectivity index (χ1n) is 11.1. The number of alkyl carbamates (subject to hydrolysis) is 1. The van der Waals surface area contributed by atoms with Crippen LogP contribution in [-0.4, -0.2) is 41.9 Å². The van der Waals surface area contributed by atoms with Gasteiger partial charge in [0.15, 0.2) is 6.19 Å². The summed E-state index contributed by atoms with van der Waals surface area (Å²) in [5, 5.41) is 12.1. The third kappa shape index (κ3) is 8.05. The van der Waals surface area contributed by atoms with Crippen molar-refractivity contribution >= 4 is 17.8 Å². The van der Waals surface area contributed by atoms with Gasteiger partial charge in [-0.3, -0.25) is 15.1 Å². The predicted octanol–water partition coefficient (Wildman–Crippen LogP) is 4.63. The molecule has 1 aliphatic carbocycles. The lowest BCUT2D eigenvalue weighted by atomic mass is 9.83. The molecule has 1 N–H and O–H groups in total. The molecule has 1 aromatic rings. The van der Waals surface area contributed by atoms with Crippen molar-refractivity contribution in [1.29, 1.82) is 5.26 Å². The van der Waals surface area contributed by atoms with Crippen molar-refractivity contribution in [3.05, 3.63) is 35.9 Å². The molecule has 0 radical (unpaired) electrons. The third-order valence-corrected chi connectivity index (χ3v) is 5.52. The molecule has 7 heteroatoms. The van der Waals surface area contributed by atoms with E-state index in [1.54, 1.807) is 6.92 Å². The first-order valence-corrected chi connectivity index (χ1v) is 11.1. The van der Waals surface area contributed by atoms with Gasteiger partial charge in [-0.2, -0.15) is 5.26 Å². The molecule has 0 bridgehead atoms. The monoisotopic (exact) mass is 426 g/mol. The smallest absolute Gasteiger partial charge is 0.412 e. The Balaban J connectivity index is 1.92. The van der Waals surface area contributed by atoms with Gasteiger partial charge in [-0.25, -0.2) is 9.69 Å². The molecule has 7 nitrogen and oxygen atoms in total. The van der Waals surface area contributed by atoms with Gasteiger partial charge in [-0.1, -0.05) is 57.0 Å². The lowest BCUT2D eigenvalue weighted by molar-refractivity contribution is -0.132. The van der Waals surface area contributed by atoms with Crippen LogP contribution in [0.4, 0.5) is 4.79 Å². The van der Waals surface area contributed by atoms with Crippen LogP contribution in [-0.2, 0) is 9.53 Å². The number of ether oxygens (including phenoxy) is 1. The molecule has 0 heterocycles. The van der Waals surface area contributed by atoms with Gasteiger partial charge in [0.2, 0.25) is 5.91 Å². The first-order chi connectivity index (χ1) is 14.9. The van der Waals surface area contributed by atoms with Crippen LogP contribution >= 0.6 is 0 Å². The normalized spacial score (nSPS) is 14.7. The molecule has 0 aromatic heterocycles. The van der Waals surface area contributed by atoms with E-state index in [9.17, 15) is 14.9 Å².